The van der Waals surface area contributed by atoms with Crippen molar-refractivity contribution in [3.05, 3.63) is 71.0 Å². The molecule has 0 bridgehead atoms. The molecule has 6 heteroatoms. The van der Waals surface area contributed by atoms with Gasteiger partial charge in [-0.25, -0.2) is 9.97 Å². The second-order valence-electron chi connectivity index (χ2n) is 6.51. The van der Waals surface area contributed by atoms with Crippen LogP contribution in [0.15, 0.2) is 65.4 Å². The molecule has 1 fully saturated rings. The van der Waals surface area contributed by atoms with Gasteiger partial charge in [-0.1, -0.05) is 28.1 Å². The summed E-state index contributed by atoms with van der Waals surface area (Å²) in [5.74, 6) is 0.633. The van der Waals surface area contributed by atoms with E-state index in [1.165, 1.54) is 12.8 Å². The van der Waals surface area contributed by atoms with Crippen LogP contribution < -0.4 is 10.2 Å². The number of carbonyl (C=O) groups is 1. The van der Waals surface area contributed by atoms with E-state index in [9.17, 15) is 4.79 Å². The Morgan fingerprint density at radius 1 is 0.963 bits per heavy atom. The van der Waals surface area contributed by atoms with Gasteiger partial charge in [0.2, 0.25) is 5.95 Å². The lowest BCUT2D eigenvalue weighted by Crippen LogP contribution is -2.20. The molecule has 1 N–H and O–H groups in total. The average molecular weight is 423 g/mol. The highest BCUT2D eigenvalue weighted by Crippen LogP contribution is 2.22. The fourth-order valence-corrected chi connectivity index (χ4v) is 3.39. The Morgan fingerprint density at radius 3 is 2.37 bits per heavy atom. The minimum atomic E-state index is -0.145. The van der Waals surface area contributed by atoms with Crippen molar-refractivity contribution in [2.75, 3.05) is 23.3 Å². The molecule has 0 unspecified atom stereocenters. The summed E-state index contributed by atoms with van der Waals surface area (Å²) in [5.41, 5.74) is 3.17. The number of carbonyl (C=O) groups excluding carboxylic acids is 1. The standard InChI is InChI=1S/C21H19BrN4O/c22-18-6-8-19(9-7-18)25-20(27)16-5-3-4-15(12-16)17-13-23-21(24-14-17)26-10-1-2-11-26/h3-9,12-14H,1-2,10-11H2,(H,25,27). The van der Waals surface area contributed by atoms with Crippen LogP contribution in [-0.4, -0.2) is 29.0 Å². The summed E-state index contributed by atoms with van der Waals surface area (Å²) in [4.78, 5) is 23.7. The van der Waals surface area contributed by atoms with E-state index in [1.807, 2.05) is 54.9 Å². The number of nitrogens with one attached hydrogen (secondary N) is 1. The largest absolute Gasteiger partial charge is 0.341 e. The first-order valence-electron chi connectivity index (χ1n) is 8.93. The van der Waals surface area contributed by atoms with Crippen molar-refractivity contribution in [1.82, 2.24) is 9.97 Å². The van der Waals surface area contributed by atoms with Gasteiger partial charge >= 0.3 is 0 Å². The Bertz CT molecular complexity index is 935. The molecule has 5 nitrogen and oxygen atoms in total. The number of amides is 1. The van der Waals surface area contributed by atoms with Crippen molar-refractivity contribution in [2.45, 2.75) is 12.8 Å². The predicted molar refractivity (Wildman–Crippen MR) is 111 cm³/mol. The first-order valence-corrected chi connectivity index (χ1v) is 9.73. The molecule has 0 aliphatic carbocycles. The highest BCUT2D eigenvalue weighted by Gasteiger charge is 2.15. The number of benzene rings is 2. The van der Waals surface area contributed by atoms with E-state index in [-0.39, 0.29) is 5.91 Å². The fourth-order valence-electron chi connectivity index (χ4n) is 3.13. The smallest absolute Gasteiger partial charge is 0.255 e. The first kappa shape index (κ1) is 17.7. The minimum absolute atomic E-state index is 0.145. The van der Waals surface area contributed by atoms with Crippen molar-refractivity contribution in [3.63, 3.8) is 0 Å². The van der Waals surface area contributed by atoms with Crippen LogP contribution in [0.4, 0.5) is 11.6 Å². The maximum atomic E-state index is 12.5. The average Bonchev–Trinajstić information content (AvgIpc) is 3.25. The van der Waals surface area contributed by atoms with Crippen LogP contribution in [0, 0.1) is 0 Å². The lowest BCUT2D eigenvalue weighted by Gasteiger charge is -2.14. The van der Waals surface area contributed by atoms with Crippen LogP contribution in [0.2, 0.25) is 0 Å². The molecule has 0 spiro atoms. The van der Waals surface area contributed by atoms with Gasteiger partial charge < -0.3 is 10.2 Å². The molecule has 4 rings (SSSR count). The Hall–Kier alpha value is -2.73. The Balaban J connectivity index is 1.51. The third-order valence-corrected chi connectivity index (χ3v) is 5.12. The Morgan fingerprint density at radius 2 is 1.67 bits per heavy atom. The van der Waals surface area contributed by atoms with Crippen LogP contribution in [0.1, 0.15) is 23.2 Å². The van der Waals surface area contributed by atoms with Crippen LogP contribution in [0.25, 0.3) is 11.1 Å². The number of rotatable bonds is 4. The second-order valence-corrected chi connectivity index (χ2v) is 7.42. The van der Waals surface area contributed by atoms with Gasteiger partial charge in [-0.2, -0.15) is 0 Å². The molecule has 0 saturated carbocycles. The molecule has 2 heterocycles. The van der Waals surface area contributed by atoms with Crippen LogP contribution >= 0.6 is 15.9 Å². The zero-order valence-corrected chi connectivity index (χ0v) is 16.3. The van der Waals surface area contributed by atoms with Crippen molar-refractivity contribution < 1.29 is 4.79 Å². The fraction of sp³-hybridized carbons (Fsp3) is 0.190. The van der Waals surface area contributed by atoms with Crippen molar-refractivity contribution >= 4 is 33.5 Å². The van der Waals surface area contributed by atoms with Crippen molar-refractivity contribution in [3.8, 4) is 11.1 Å². The summed E-state index contributed by atoms with van der Waals surface area (Å²) in [6.07, 6.45) is 6.04. The van der Waals surface area contributed by atoms with Crippen LogP contribution in [-0.2, 0) is 0 Å². The van der Waals surface area contributed by atoms with Crippen LogP contribution in [0.3, 0.4) is 0 Å². The first-order chi connectivity index (χ1) is 13.2. The number of nitrogens with zero attached hydrogens (tertiary/aromatic N) is 3. The van der Waals surface area contributed by atoms with Crippen LogP contribution in [0.5, 0.6) is 0 Å². The highest BCUT2D eigenvalue weighted by atomic mass is 79.9. The Labute approximate surface area is 166 Å². The number of aromatic nitrogens is 2. The van der Waals surface area contributed by atoms with Crippen molar-refractivity contribution in [2.24, 2.45) is 0 Å². The van der Waals surface area contributed by atoms with E-state index in [0.717, 1.165) is 40.3 Å². The van der Waals surface area contributed by atoms with Gasteiger partial charge in [0.25, 0.3) is 5.91 Å². The van der Waals surface area contributed by atoms with Crippen molar-refractivity contribution in [1.29, 1.82) is 0 Å². The van der Waals surface area contributed by atoms with E-state index in [4.69, 9.17) is 0 Å². The molecule has 2 aromatic carbocycles. The number of hydrogen-bond acceptors (Lipinski definition) is 4. The van der Waals surface area contributed by atoms with E-state index >= 15 is 0 Å². The molecule has 1 amide bonds. The van der Waals surface area contributed by atoms with E-state index in [1.54, 1.807) is 6.07 Å². The third kappa shape index (κ3) is 4.17. The third-order valence-electron chi connectivity index (χ3n) is 4.59. The van der Waals surface area contributed by atoms with Gasteiger partial charge in [-0.3, -0.25) is 4.79 Å². The predicted octanol–water partition coefficient (Wildman–Crippen LogP) is 4.76. The van der Waals surface area contributed by atoms with E-state index < -0.39 is 0 Å². The summed E-state index contributed by atoms with van der Waals surface area (Å²) in [6.45, 7) is 2.04. The second kappa shape index (κ2) is 7.88. The molecule has 136 valence electrons. The SMILES string of the molecule is O=C(Nc1ccc(Br)cc1)c1cccc(-c2cnc(N3CCCC3)nc2)c1. The maximum Gasteiger partial charge on any atom is 0.255 e. The highest BCUT2D eigenvalue weighted by molar-refractivity contribution is 9.10. The molecule has 0 atom stereocenters. The molecule has 3 aromatic rings. The zero-order chi connectivity index (χ0) is 18.6. The van der Waals surface area contributed by atoms with E-state index in [0.29, 0.717) is 5.56 Å². The van der Waals surface area contributed by atoms with E-state index in [2.05, 4.69) is 36.1 Å². The molecule has 27 heavy (non-hydrogen) atoms. The summed E-state index contributed by atoms with van der Waals surface area (Å²) in [6, 6.07) is 15.0. The Kier molecular flexibility index (Phi) is 5.16. The molecule has 1 aliphatic heterocycles. The molecule has 1 saturated heterocycles. The molecule has 1 aliphatic rings. The zero-order valence-electron chi connectivity index (χ0n) is 14.7. The normalized spacial score (nSPS) is 13.6. The summed E-state index contributed by atoms with van der Waals surface area (Å²) in [5, 5.41) is 2.91. The number of halogens is 1. The monoisotopic (exact) mass is 422 g/mol. The topological polar surface area (TPSA) is 58.1 Å². The lowest BCUT2D eigenvalue weighted by molar-refractivity contribution is 0.102. The number of anilines is 2. The quantitative estimate of drug-likeness (QED) is 0.658. The lowest BCUT2D eigenvalue weighted by atomic mass is 10.1. The van der Waals surface area contributed by atoms with Gasteiger partial charge in [0.05, 0.1) is 0 Å². The van der Waals surface area contributed by atoms with Gasteiger partial charge in [0, 0.05) is 46.8 Å². The molecular formula is C21H19BrN4O. The van der Waals surface area contributed by atoms with Gasteiger partial charge in [0.1, 0.15) is 0 Å². The van der Waals surface area contributed by atoms with Gasteiger partial charge in [0.15, 0.2) is 0 Å². The summed E-state index contributed by atoms with van der Waals surface area (Å²) >= 11 is 3.39. The number of hydrogen-bond donors (Lipinski definition) is 1. The van der Waals surface area contributed by atoms with Gasteiger partial charge in [-0.05, 0) is 54.8 Å². The molecular weight excluding hydrogens is 404 g/mol. The molecule has 0 radical (unpaired) electrons. The summed E-state index contributed by atoms with van der Waals surface area (Å²) in [7, 11) is 0. The minimum Gasteiger partial charge on any atom is -0.341 e. The maximum absolute atomic E-state index is 12.5. The summed E-state index contributed by atoms with van der Waals surface area (Å²) < 4.78 is 0.972. The van der Waals surface area contributed by atoms with Gasteiger partial charge in [-0.15, -0.1) is 0 Å². The molecule has 1 aromatic heterocycles.